The fourth-order valence-electron chi connectivity index (χ4n) is 3.03. The summed E-state index contributed by atoms with van der Waals surface area (Å²) in [5.74, 6) is 0.698. The number of fused-ring (bicyclic) bond motifs is 1. The van der Waals surface area contributed by atoms with Crippen LogP contribution in [0.5, 0.6) is 5.75 Å². The first-order valence-electron chi connectivity index (χ1n) is 8.66. The predicted octanol–water partition coefficient (Wildman–Crippen LogP) is 3.19. The van der Waals surface area contributed by atoms with Gasteiger partial charge in [-0.15, -0.1) is 0 Å². The number of carbonyl (C=O) groups is 1. The van der Waals surface area contributed by atoms with E-state index in [9.17, 15) is 4.79 Å². The highest BCUT2D eigenvalue weighted by Crippen LogP contribution is 2.35. The van der Waals surface area contributed by atoms with Crippen LogP contribution in [0.2, 0.25) is 0 Å². The number of para-hydroxylation sites is 1. The number of methoxy groups -OCH3 is 1. The van der Waals surface area contributed by atoms with E-state index >= 15 is 0 Å². The van der Waals surface area contributed by atoms with Crippen molar-refractivity contribution in [1.29, 1.82) is 0 Å². The van der Waals surface area contributed by atoms with Crippen molar-refractivity contribution in [3.63, 3.8) is 0 Å². The van der Waals surface area contributed by atoms with Crippen molar-refractivity contribution in [3.05, 3.63) is 53.6 Å². The molecule has 1 aliphatic rings. The van der Waals surface area contributed by atoms with Gasteiger partial charge in [-0.1, -0.05) is 18.2 Å². The van der Waals surface area contributed by atoms with Crippen LogP contribution >= 0.6 is 0 Å². The van der Waals surface area contributed by atoms with Gasteiger partial charge in [0.1, 0.15) is 5.75 Å². The largest absolute Gasteiger partial charge is 0.497 e. The number of amides is 1. The minimum Gasteiger partial charge on any atom is -0.497 e. The van der Waals surface area contributed by atoms with Crippen LogP contribution in [0.15, 0.2) is 42.5 Å². The van der Waals surface area contributed by atoms with E-state index < -0.39 is 0 Å². The third-order valence-electron chi connectivity index (χ3n) is 4.54. The maximum absolute atomic E-state index is 12.5. The summed E-state index contributed by atoms with van der Waals surface area (Å²) in [5.41, 5.74) is 4.50. The molecule has 0 atom stereocenters. The zero-order valence-electron chi connectivity index (χ0n) is 15.7. The van der Waals surface area contributed by atoms with Gasteiger partial charge in [0, 0.05) is 48.2 Å². The number of hydrogen-bond donors (Lipinski definition) is 1. The molecular weight excluding hydrogens is 326 g/mol. The maximum Gasteiger partial charge on any atom is 0.256 e. The highest BCUT2D eigenvalue weighted by Gasteiger charge is 2.24. The Kier molecular flexibility index (Phi) is 5.28. The number of nitrogens with one attached hydrogen (secondary N) is 1. The molecule has 5 nitrogen and oxygen atoms in total. The molecule has 0 bridgehead atoms. The minimum absolute atomic E-state index is 0.0732. The Labute approximate surface area is 154 Å². The van der Waals surface area contributed by atoms with E-state index in [4.69, 9.17) is 4.74 Å². The number of ether oxygens (including phenoxy) is 1. The van der Waals surface area contributed by atoms with Crippen molar-refractivity contribution in [2.75, 3.05) is 51.6 Å². The highest BCUT2D eigenvalue weighted by molar-refractivity contribution is 6.35. The van der Waals surface area contributed by atoms with Gasteiger partial charge in [-0.25, -0.2) is 0 Å². The van der Waals surface area contributed by atoms with Crippen LogP contribution in [0.1, 0.15) is 11.1 Å². The summed E-state index contributed by atoms with van der Waals surface area (Å²) >= 11 is 0. The molecule has 0 saturated heterocycles. The van der Waals surface area contributed by atoms with Crippen molar-refractivity contribution >= 4 is 28.9 Å². The molecule has 0 spiro atoms. The molecule has 0 aliphatic carbocycles. The Morgan fingerprint density at radius 3 is 2.58 bits per heavy atom. The molecule has 0 aromatic heterocycles. The van der Waals surface area contributed by atoms with Crippen LogP contribution in [0.4, 0.5) is 11.4 Å². The van der Waals surface area contributed by atoms with Crippen LogP contribution in [0.3, 0.4) is 0 Å². The number of hydrogen-bond acceptors (Lipinski definition) is 4. The van der Waals surface area contributed by atoms with Crippen molar-refractivity contribution in [2.24, 2.45) is 0 Å². The number of anilines is 2. The minimum atomic E-state index is -0.0732. The summed E-state index contributed by atoms with van der Waals surface area (Å²) in [6, 6.07) is 13.7. The second-order valence-electron chi connectivity index (χ2n) is 6.71. The molecule has 1 N–H and O–H groups in total. The van der Waals surface area contributed by atoms with Gasteiger partial charge in [0.2, 0.25) is 0 Å². The predicted molar refractivity (Wildman–Crippen MR) is 108 cm³/mol. The Bertz CT molecular complexity index is 843. The lowest BCUT2D eigenvalue weighted by Gasteiger charge is -2.24. The fraction of sp³-hybridized carbons (Fsp3) is 0.286. The molecule has 26 heavy (non-hydrogen) atoms. The number of benzene rings is 2. The van der Waals surface area contributed by atoms with Crippen molar-refractivity contribution in [3.8, 4) is 5.75 Å². The molecule has 0 fully saturated rings. The van der Waals surface area contributed by atoms with Gasteiger partial charge < -0.3 is 19.9 Å². The van der Waals surface area contributed by atoms with E-state index in [1.54, 1.807) is 7.11 Å². The highest BCUT2D eigenvalue weighted by atomic mass is 16.5. The van der Waals surface area contributed by atoms with E-state index in [1.165, 1.54) is 0 Å². The van der Waals surface area contributed by atoms with Crippen molar-refractivity contribution in [1.82, 2.24) is 4.90 Å². The first kappa shape index (κ1) is 18.0. The average Bonchev–Trinajstić information content (AvgIpc) is 2.95. The number of rotatable bonds is 6. The number of likely N-dealkylation sites (N-methyl/N-ethyl adjacent to an activating group) is 2. The monoisotopic (exact) mass is 351 g/mol. The summed E-state index contributed by atoms with van der Waals surface area (Å²) in [6.07, 6.45) is 1.95. The third-order valence-corrected chi connectivity index (χ3v) is 4.54. The Balaban J connectivity index is 2.02. The van der Waals surface area contributed by atoms with E-state index in [1.807, 2.05) is 48.5 Å². The second kappa shape index (κ2) is 7.62. The number of carbonyl (C=O) groups excluding carboxylic acids is 1. The molecule has 136 valence electrons. The zero-order valence-corrected chi connectivity index (χ0v) is 15.7. The molecule has 1 amide bonds. The van der Waals surface area contributed by atoms with E-state index in [0.29, 0.717) is 5.57 Å². The topological polar surface area (TPSA) is 44.8 Å². The SMILES string of the molecule is COc1ccc(N(C)CCN(C)C)c(/C=C2/C(=O)Nc3ccccc32)c1. The molecule has 1 heterocycles. The molecule has 2 aromatic rings. The van der Waals surface area contributed by atoms with Crippen molar-refractivity contribution < 1.29 is 9.53 Å². The van der Waals surface area contributed by atoms with Crippen molar-refractivity contribution in [2.45, 2.75) is 0 Å². The Hall–Kier alpha value is -2.79. The molecule has 0 radical (unpaired) electrons. The third kappa shape index (κ3) is 3.73. The standard InChI is InChI=1S/C21H25N3O2/c1-23(2)11-12-24(3)20-10-9-16(26-4)13-15(20)14-18-17-7-5-6-8-19(17)22-21(18)25/h5-10,13-14H,11-12H2,1-4H3,(H,22,25)/b18-14+. The summed E-state index contributed by atoms with van der Waals surface area (Å²) in [7, 11) is 7.84. The normalized spacial score (nSPS) is 14.5. The summed E-state index contributed by atoms with van der Waals surface area (Å²) in [4.78, 5) is 16.8. The molecule has 0 unspecified atom stereocenters. The van der Waals surface area contributed by atoms with Gasteiger partial charge in [-0.2, -0.15) is 0 Å². The molecule has 2 aromatic carbocycles. The first-order chi connectivity index (χ1) is 12.5. The van der Waals surface area contributed by atoms with Gasteiger partial charge >= 0.3 is 0 Å². The Morgan fingerprint density at radius 1 is 1.08 bits per heavy atom. The fourth-order valence-corrected chi connectivity index (χ4v) is 3.03. The lowest BCUT2D eigenvalue weighted by Crippen LogP contribution is -2.28. The van der Waals surface area contributed by atoms with Crippen LogP contribution in [0.25, 0.3) is 11.6 Å². The van der Waals surface area contributed by atoms with Gasteiger partial charge in [0.25, 0.3) is 5.91 Å². The smallest absolute Gasteiger partial charge is 0.256 e. The van der Waals surface area contributed by atoms with Gasteiger partial charge in [-0.3, -0.25) is 4.79 Å². The molecular formula is C21H25N3O2. The maximum atomic E-state index is 12.5. The molecule has 0 saturated carbocycles. The zero-order chi connectivity index (χ0) is 18.7. The first-order valence-corrected chi connectivity index (χ1v) is 8.66. The van der Waals surface area contributed by atoms with E-state index in [2.05, 4.69) is 36.3 Å². The van der Waals surface area contributed by atoms with Gasteiger partial charge in [0.15, 0.2) is 0 Å². The van der Waals surface area contributed by atoms with Gasteiger partial charge in [0.05, 0.1) is 7.11 Å². The van der Waals surface area contributed by atoms with Crippen LogP contribution < -0.4 is 15.0 Å². The quantitative estimate of drug-likeness (QED) is 0.812. The molecule has 1 aliphatic heterocycles. The summed E-state index contributed by atoms with van der Waals surface area (Å²) in [5, 5.41) is 2.93. The molecule has 3 rings (SSSR count). The summed E-state index contributed by atoms with van der Waals surface area (Å²) < 4.78 is 5.39. The van der Waals surface area contributed by atoms with E-state index in [-0.39, 0.29) is 5.91 Å². The Morgan fingerprint density at radius 2 is 1.85 bits per heavy atom. The van der Waals surface area contributed by atoms with Gasteiger partial charge in [-0.05, 0) is 44.4 Å². The van der Waals surface area contributed by atoms with Crippen LogP contribution in [0, 0.1) is 0 Å². The van der Waals surface area contributed by atoms with Crippen LogP contribution in [-0.4, -0.2) is 52.1 Å². The van der Waals surface area contributed by atoms with Crippen LogP contribution in [-0.2, 0) is 4.79 Å². The second-order valence-corrected chi connectivity index (χ2v) is 6.71. The average molecular weight is 351 g/mol. The molecule has 5 heteroatoms. The lowest BCUT2D eigenvalue weighted by molar-refractivity contribution is -0.110. The summed E-state index contributed by atoms with van der Waals surface area (Å²) in [6.45, 7) is 1.83. The number of nitrogens with zero attached hydrogens (tertiary/aromatic N) is 2. The van der Waals surface area contributed by atoms with E-state index in [0.717, 1.165) is 41.3 Å². The lowest BCUT2D eigenvalue weighted by atomic mass is 10.0.